The molecule has 1 aliphatic rings. The molecule has 1 fully saturated rings. The van der Waals surface area contributed by atoms with Crippen LogP contribution in [0.5, 0.6) is 0 Å². The average Bonchev–Trinajstić information content (AvgIpc) is 3.15. The van der Waals surface area contributed by atoms with E-state index in [0.717, 1.165) is 5.69 Å². The lowest BCUT2D eigenvalue weighted by atomic mass is 10.3. The topological polar surface area (TPSA) is 67.2 Å². The lowest BCUT2D eigenvalue weighted by Gasteiger charge is -2.26. The van der Waals surface area contributed by atoms with Gasteiger partial charge in [0, 0.05) is 31.5 Å². The molecule has 0 bridgehead atoms. The number of ether oxygens (including phenoxy) is 1. The van der Waals surface area contributed by atoms with Crippen LogP contribution in [-0.2, 0) is 4.74 Å². The summed E-state index contributed by atoms with van der Waals surface area (Å²) in [5.41, 5.74) is 1.73. The van der Waals surface area contributed by atoms with Crippen molar-refractivity contribution in [2.45, 2.75) is 6.92 Å². The molecule has 28 heavy (non-hydrogen) atoms. The largest absolute Gasteiger partial charge is 0.378 e. The molecule has 0 spiro atoms. The zero-order chi connectivity index (χ0) is 19.5. The van der Waals surface area contributed by atoms with Gasteiger partial charge < -0.3 is 14.5 Å². The summed E-state index contributed by atoms with van der Waals surface area (Å²) in [6.45, 7) is 4.50. The van der Waals surface area contributed by atoms with Gasteiger partial charge in [-0.15, -0.1) is 0 Å². The summed E-state index contributed by atoms with van der Waals surface area (Å²) in [4.78, 5) is 34.2. The fourth-order valence-corrected chi connectivity index (χ4v) is 3.43. The molecule has 0 N–H and O–H groups in total. The number of aromatic nitrogens is 2. The Bertz CT molecular complexity index is 993. The minimum atomic E-state index is -0.240. The van der Waals surface area contributed by atoms with Crippen LogP contribution < -0.4 is 4.90 Å². The molecule has 4 rings (SSSR count). The highest BCUT2D eigenvalue weighted by atomic mass is 16.5. The van der Waals surface area contributed by atoms with E-state index in [4.69, 9.17) is 4.74 Å². The molecule has 1 aliphatic heterocycles. The second kappa shape index (κ2) is 7.82. The summed E-state index contributed by atoms with van der Waals surface area (Å²) in [5.74, 6) is -0.178. The average molecular weight is 378 g/mol. The zero-order valence-corrected chi connectivity index (χ0v) is 15.7. The van der Waals surface area contributed by atoms with Gasteiger partial charge in [-0.25, -0.2) is 4.98 Å². The van der Waals surface area contributed by atoms with Crippen molar-refractivity contribution in [2.24, 2.45) is 0 Å². The van der Waals surface area contributed by atoms with Crippen molar-refractivity contribution in [3.8, 4) is 0 Å². The quantitative estimate of drug-likeness (QED) is 0.700. The normalized spacial score (nSPS) is 14.2. The van der Waals surface area contributed by atoms with E-state index in [1.807, 2.05) is 55.5 Å². The summed E-state index contributed by atoms with van der Waals surface area (Å²) in [5, 5.41) is 0. The summed E-state index contributed by atoms with van der Waals surface area (Å²) in [6.07, 6.45) is 1.77. The van der Waals surface area contributed by atoms with E-state index in [-0.39, 0.29) is 17.6 Å². The van der Waals surface area contributed by atoms with Crippen LogP contribution in [0.15, 0.2) is 54.7 Å². The van der Waals surface area contributed by atoms with Gasteiger partial charge in [-0.3, -0.25) is 14.0 Å². The highest BCUT2D eigenvalue weighted by Gasteiger charge is 2.28. The van der Waals surface area contributed by atoms with Crippen molar-refractivity contribution in [1.29, 1.82) is 0 Å². The number of fused-ring (bicyclic) bond motifs is 1. The second-order valence-corrected chi connectivity index (χ2v) is 6.53. The Morgan fingerprint density at radius 3 is 2.50 bits per heavy atom. The van der Waals surface area contributed by atoms with E-state index in [2.05, 4.69) is 4.98 Å². The van der Waals surface area contributed by atoms with Crippen molar-refractivity contribution in [3.63, 3.8) is 0 Å². The number of nitrogens with zero attached hydrogens (tertiary/aromatic N) is 4. The van der Waals surface area contributed by atoms with Gasteiger partial charge in [0.25, 0.3) is 11.8 Å². The Labute approximate surface area is 163 Å². The molecule has 7 heteroatoms. The van der Waals surface area contributed by atoms with Gasteiger partial charge in [0.2, 0.25) is 5.82 Å². The van der Waals surface area contributed by atoms with Crippen molar-refractivity contribution < 1.29 is 14.3 Å². The van der Waals surface area contributed by atoms with E-state index >= 15 is 0 Å². The first-order chi connectivity index (χ1) is 13.7. The maximum atomic E-state index is 13.3. The van der Waals surface area contributed by atoms with Crippen molar-refractivity contribution in [1.82, 2.24) is 14.3 Å². The number of pyridine rings is 1. The fourth-order valence-electron chi connectivity index (χ4n) is 3.43. The van der Waals surface area contributed by atoms with Crippen LogP contribution in [0.4, 0.5) is 5.69 Å². The molecule has 0 saturated carbocycles. The van der Waals surface area contributed by atoms with Crippen LogP contribution in [0.1, 0.15) is 28.0 Å². The Morgan fingerprint density at radius 2 is 1.79 bits per heavy atom. The molecule has 0 unspecified atom stereocenters. The van der Waals surface area contributed by atoms with Gasteiger partial charge in [-0.1, -0.05) is 24.3 Å². The van der Waals surface area contributed by atoms with Gasteiger partial charge in [0.05, 0.1) is 18.7 Å². The molecule has 3 heterocycles. The first-order valence-electron chi connectivity index (χ1n) is 9.41. The minimum absolute atomic E-state index is 0.172. The van der Waals surface area contributed by atoms with Crippen LogP contribution in [0, 0.1) is 0 Å². The van der Waals surface area contributed by atoms with Gasteiger partial charge in [-0.2, -0.15) is 0 Å². The molecule has 3 aromatic rings. The molecule has 0 radical (unpaired) electrons. The van der Waals surface area contributed by atoms with Crippen LogP contribution in [0.2, 0.25) is 0 Å². The molecular formula is C21H22N4O3. The molecule has 2 aromatic heterocycles. The number of amides is 2. The van der Waals surface area contributed by atoms with Crippen LogP contribution in [0.25, 0.3) is 5.52 Å². The van der Waals surface area contributed by atoms with Crippen LogP contribution in [0.3, 0.4) is 0 Å². The number of imidazole rings is 1. The molecule has 7 nitrogen and oxygen atoms in total. The number of carbonyl (C=O) groups excluding carboxylic acids is 2. The lowest BCUT2D eigenvalue weighted by Crippen LogP contribution is -2.41. The van der Waals surface area contributed by atoms with Gasteiger partial charge >= 0.3 is 0 Å². The van der Waals surface area contributed by atoms with E-state index < -0.39 is 0 Å². The van der Waals surface area contributed by atoms with Crippen molar-refractivity contribution in [2.75, 3.05) is 37.7 Å². The van der Waals surface area contributed by atoms with Crippen molar-refractivity contribution in [3.05, 3.63) is 66.2 Å². The molecular weight excluding hydrogens is 356 g/mol. The third-order valence-corrected chi connectivity index (χ3v) is 4.87. The summed E-state index contributed by atoms with van der Waals surface area (Å²) in [6, 6.07) is 14.9. The van der Waals surface area contributed by atoms with E-state index in [1.54, 1.807) is 20.4 Å². The fraction of sp³-hybridized carbons (Fsp3) is 0.286. The third-order valence-electron chi connectivity index (χ3n) is 4.87. The Balaban J connectivity index is 1.75. The highest BCUT2D eigenvalue weighted by molar-refractivity contribution is 6.07. The molecule has 1 saturated heterocycles. The number of para-hydroxylation sites is 1. The monoisotopic (exact) mass is 378 g/mol. The van der Waals surface area contributed by atoms with Crippen LogP contribution >= 0.6 is 0 Å². The van der Waals surface area contributed by atoms with E-state index in [0.29, 0.717) is 44.1 Å². The minimum Gasteiger partial charge on any atom is -0.378 e. The molecule has 0 atom stereocenters. The Kier molecular flexibility index (Phi) is 5.08. The number of carbonyl (C=O) groups is 2. The summed E-state index contributed by atoms with van der Waals surface area (Å²) < 4.78 is 7.03. The first kappa shape index (κ1) is 18.2. The van der Waals surface area contributed by atoms with Crippen molar-refractivity contribution >= 4 is 23.0 Å². The third kappa shape index (κ3) is 3.25. The molecule has 1 aromatic carbocycles. The maximum Gasteiger partial charge on any atom is 0.294 e. The number of hydrogen-bond donors (Lipinski definition) is 0. The number of morpholine rings is 1. The molecule has 144 valence electrons. The van der Waals surface area contributed by atoms with Gasteiger partial charge in [0.1, 0.15) is 0 Å². The predicted octanol–water partition coefficient (Wildman–Crippen LogP) is 2.47. The number of benzene rings is 1. The summed E-state index contributed by atoms with van der Waals surface area (Å²) in [7, 11) is 0. The SMILES string of the molecule is CCN(C(=O)c1nc(C(=O)N2CCOCC2)c2ccccn12)c1ccccc1. The Hall–Kier alpha value is -3.19. The number of anilines is 1. The zero-order valence-electron chi connectivity index (χ0n) is 15.7. The Morgan fingerprint density at radius 1 is 1.07 bits per heavy atom. The number of rotatable bonds is 4. The predicted molar refractivity (Wildman–Crippen MR) is 106 cm³/mol. The second-order valence-electron chi connectivity index (χ2n) is 6.53. The molecule has 0 aliphatic carbocycles. The van der Waals surface area contributed by atoms with Gasteiger partial charge in [0.15, 0.2) is 5.69 Å². The maximum absolute atomic E-state index is 13.3. The lowest BCUT2D eigenvalue weighted by molar-refractivity contribution is 0.0300. The smallest absolute Gasteiger partial charge is 0.294 e. The standard InChI is InChI=1S/C21H22N4O3/c1-2-24(16-8-4-3-5-9-16)21(27)19-22-18(17-10-6-7-11-25(17)19)20(26)23-12-14-28-15-13-23/h3-11H,2,12-15H2,1H3. The van der Waals surface area contributed by atoms with Gasteiger partial charge in [-0.05, 0) is 31.2 Å². The first-order valence-corrected chi connectivity index (χ1v) is 9.41. The highest BCUT2D eigenvalue weighted by Crippen LogP contribution is 2.20. The van der Waals surface area contributed by atoms with E-state index in [1.165, 1.54) is 0 Å². The molecule has 2 amide bonds. The van der Waals surface area contributed by atoms with E-state index in [9.17, 15) is 9.59 Å². The number of hydrogen-bond acceptors (Lipinski definition) is 4. The summed E-state index contributed by atoms with van der Waals surface area (Å²) >= 11 is 0. The van der Waals surface area contributed by atoms with Crippen LogP contribution in [-0.4, -0.2) is 58.9 Å².